The normalized spacial score (nSPS) is 14.1. The number of nitrogens with zero attached hydrogens (tertiary/aromatic N) is 1. The molecule has 0 amide bonds. The van der Waals surface area contributed by atoms with Gasteiger partial charge in [0.1, 0.15) is 12.2 Å². The lowest BCUT2D eigenvalue weighted by atomic mass is 9.98. The largest absolute Gasteiger partial charge is 0.629 e. The second-order valence-electron chi connectivity index (χ2n) is 6.69. The molecular weight excluding hydrogens is 338 g/mol. The Bertz CT molecular complexity index is 1110. The minimum Gasteiger partial charge on any atom is -0.629 e. The fraction of sp³-hybridized carbons (Fsp3) is 0.0952. The number of hydrogen-bond acceptors (Lipinski definition) is 4. The molecule has 0 fully saturated rings. The summed E-state index contributed by atoms with van der Waals surface area (Å²) >= 11 is 0. The molecule has 0 radical (unpaired) electrons. The molecule has 134 valence electrons. The Labute approximate surface area is 156 Å². The van der Waals surface area contributed by atoms with E-state index in [1.807, 2.05) is 36.5 Å². The summed E-state index contributed by atoms with van der Waals surface area (Å²) in [5.41, 5.74) is 13.0. The molecule has 1 unspecified atom stereocenters. The Hall–Kier alpha value is -3.19. The van der Waals surface area contributed by atoms with Crippen LogP contribution in [0.2, 0.25) is 0 Å². The van der Waals surface area contributed by atoms with Crippen LogP contribution in [0.25, 0.3) is 22.0 Å². The first-order chi connectivity index (χ1) is 13.3. The molecule has 6 nitrogen and oxygen atoms in total. The van der Waals surface area contributed by atoms with Gasteiger partial charge in [0, 0.05) is 35.9 Å². The van der Waals surface area contributed by atoms with Crippen LogP contribution in [0.4, 0.5) is 11.4 Å². The highest BCUT2D eigenvalue weighted by Crippen LogP contribution is 2.35. The molecule has 5 rings (SSSR count). The van der Waals surface area contributed by atoms with Crippen molar-refractivity contribution in [3.8, 4) is 11.1 Å². The summed E-state index contributed by atoms with van der Waals surface area (Å²) < 4.78 is 0. The molecule has 2 aromatic carbocycles. The number of aromatic nitrogens is 2. The lowest BCUT2D eigenvalue weighted by Crippen LogP contribution is -3.00. The fourth-order valence-corrected chi connectivity index (χ4v) is 3.71. The van der Waals surface area contributed by atoms with Crippen LogP contribution in [-0.4, -0.2) is 9.97 Å². The number of anilines is 1. The van der Waals surface area contributed by atoms with E-state index >= 15 is 0 Å². The van der Waals surface area contributed by atoms with Crippen molar-refractivity contribution < 1.29 is 5.06 Å². The van der Waals surface area contributed by atoms with Crippen molar-refractivity contribution in [3.05, 3.63) is 83.5 Å². The smallest absolute Gasteiger partial charge is 0.138 e. The maximum atomic E-state index is 13.1. The van der Waals surface area contributed by atoms with E-state index in [-0.39, 0.29) is 5.06 Å². The maximum absolute atomic E-state index is 13.1. The summed E-state index contributed by atoms with van der Waals surface area (Å²) in [6.45, 7) is 0.929. The van der Waals surface area contributed by atoms with Gasteiger partial charge in [0.15, 0.2) is 0 Å². The molecule has 3 heterocycles. The first-order valence-electron chi connectivity index (χ1n) is 8.95. The Morgan fingerprint density at radius 2 is 2.04 bits per heavy atom. The van der Waals surface area contributed by atoms with E-state index in [4.69, 9.17) is 0 Å². The standard InChI is InChI=1S/C21H19N5O/c27-26(13-15-4-1-2-8-22-15)21-11-14(10-20-18(21)12-24-25-20)16-5-3-6-19-17(16)7-9-23-19/h1-11,23-26H,12-13H2. The van der Waals surface area contributed by atoms with E-state index in [2.05, 4.69) is 45.1 Å². The summed E-state index contributed by atoms with van der Waals surface area (Å²) in [4.78, 5) is 7.55. The molecule has 0 saturated carbocycles. The third-order valence-electron chi connectivity index (χ3n) is 5.01. The van der Waals surface area contributed by atoms with Crippen molar-refractivity contribution in [2.45, 2.75) is 13.1 Å². The fourth-order valence-electron chi connectivity index (χ4n) is 3.71. The number of H-pyrrole nitrogens is 1. The lowest BCUT2D eigenvalue weighted by Gasteiger charge is -2.24. The van der Waals surface area contributed by atoms with Crippen molar-refractivity contribution in [1.29, 1.82) is 0 Å². The van der Waals surface area contributed by atoms with Gasteiger partial charge in [-0.15, -0.1) is 0 Å². The van der Waals surface area contributed by atoms with Crippen molar-refractivity contribution in [2.75, 3.05) is 5.43 Å². The Kier molecular flexibility index (Phi) is 3.86. The van der Waals surface area contributed by atoms with Gasteiger partial charge in [0.05, 0.1) is 16.9 Å². The molecule has 4 N–H and O–H groups in total. The molecule has 1 aliphatic rings. The van der Waals surface area contributed by atoms with Crippen molar-refractivity contribution in [3.63, 3.8) is 0 Å². The monoisotopic (exact) mass is 357 g/mol. The molecule has 0 spiro atoms. The number of hydrogen-bond donors (Lipinski definition) is 4. The third kappa shape index (κ3) is 2.86. The minimum atomic E-state index is 0.0820. The SMILES string of the molecule is [O-][NH+](Cc1ccccn1)c1cc(-c2cccc3[nH]ccc23)cc2c1CNN2. The summed E-state index contributed by atoms with van der Waals surface area (Å²) in [7, 11) is 0. The van der Waals surface area contributed by atoms with Crippen LogP contribution >= 0.6 is 0 Å². The van der Waals surface area contributed by atoms with Gasteiger partial charge >= 0.3 is 0 Å². The molecule has 6 heteroatoms. The summed E-state index contributed by atoms with van der Waals surface area (Å²) in [5, 5.41) is 14.3. The highest BCUT2D eigenvalue weighted by Gasteiger charge is 2.22. The second-order valence-corrected chi connectivity index (χ2v) is 6.69. The number of benzene rings is 2. The van der Waals surface area contributed by atoms with Gasteiger partial charge in [0.25, 0.3) is 0 Å². The van der Waals surface area contributed by atoms with Gasteiger partial charge in [-0.2, -0.15) is 0 Å². The Morgan fingerprint density at radius 1 is 1.07 bits per heavy atom. The van der Waals surface area contributed by atoms with Gasteiger partial charge < -0.3 is 20.7 Å². The molecule has 1 aliphatic heterocycles. The first-order valence-corrected chi connectivity index (χ1v) is 8.95. The van der Waals surface area contributed by atoms with E-state index in [0.717, 1.165) is 44.7 Å². The van der Waals surface area contributed by atoms with Crippen LogP contribution in [0, 0.1) is 5.21 Å². The highest BCUT2D eigenvalue weighted by atomic mass is 16.5. The van der Waals surface area contributed by atoms with Gasteiger partial charge in [-0.1, -0.05) is 18.2 Å². The van der Waals surface area contributed by atoms with Crippen LogP contribution in [0.1, 0.15) is 11.3 Å². The zero-order valence-electron chi connectivity index (χ0n) is 14.6. The number of aromatic amines is 1. The average Bonchev–Trinajstić information content (AvgIpc) is 3.36. The second kappa shape index (κ2) is 6.51. The van der Waals surface area contributed by atoms with E-state index in [1.54, 1.807) is 6.20 Å². The van der Waals surface area contributed by atoms with Gasteiger partial charge in [0.2, 0.25) is 0 Å². The molecule has 2 aromatic heterocycles. The maximum Gasteiger partial charge on any atom is 0.138 e. The Balaban J connectivity index is 1.61. The zero-order valence-corrected chi connectivity index (χ0v) is 14.6. The van der Waals surface area contributed by atoms with Crippen molar-refractivity contribution in [1.82, 2.24) is 15.4 Å². The van der Waals surface area contributed by atoms with E-state index in [9.17, 15) is 5.21 Å². The number of nitrogens with one attached hydrogen (secondary N) is 4. The highest BCUT2D eigenvalue weighted by molar-refractivity contribution is 5.96. The Morgan fingerprint density at radius 3 is 2.93 bits per heavy atom. The van der Waals surface area contributed by atoms with Gasteiger partial charge in [-0.3, -0.25) is 4.98 Å². The summed E-state index contributed by atoms with van der Waals surface area (Å²) in [6.07, 6.45) is 3.66. The van der Waals surface area contributed by atoms with Gasteiger partial charge in [-0.25, -0.2) is 5.43 Å². The van der Waals surface area contributed by atoms with Gasteiger partial charge in [-0.05, 0) is 41.5 Å². The first kappa shape index (κ1) is 16.0. The van der Waals surface area contributed by atoms with Crippen molar-refractivity contribution >= 4 is 22.3 Å². The zero-order chi connectivity index (χ0) is 18.2. The predicted molar refractivity (Wildman–Crippen MR) is 106 cm³/mol. The van der Waals surface area contributed by atoms with Crippen LogP contribution in [0.3, 0.4) is 0 Å². The molecule has 27 heavy (non-hydrogen) atoms. The quantitative estimate of drug-likeness (QED) is 0.424. The average molecular weight is 357 g/mol. The molecule has 0 bridgehead atoms. The molecule has 0 saturated heterocycles. The number of rotatable bonds is 4. The van der Waals surface area contributed by atoms with E-state index < -0.39 is 0 Å². The number of quaternary nitrogens is 1. The number of hydrazine groups is 1. The topological polar surface area (TPSA) is 80.2 Å². The predicted octanol–water partition coefficient (Wildman–Crippen LogP) is 2.87. The summed E-state index contributed by atoms with van der Waals surface area (Å²) in [5.74, 6) is 0. The van der Waals surface area contributed by atoms with Crippen LogP contribution < -0.4 is 15.9 Å². The van der Waals surface area contributed by atoms with E-state index in [1.165, 1.54) is 0 Å². The molecule has 1 atom stereocenters. The van der Waals surface area contributed by atoms with Crippen LogP contribution in [-0.2, 0) is 13.1 Å². The number of fused-ring (bicyclic) bond motifs is 2. The third-order valence-corrected chi connectivity index (χ3v) is 5.01. The number of pyridine rings is 1. The molecular formula is C21H19N5O. The summed E-state index contributed by atoms with van der Waals surface area (Å²) in [6, 6.07) is 18.0. The van der Waals surface area contributed by atoms with Crippen LogP contribution in [0.15, 0.2) is 67.0 Å². The lowest BCUT2D eigenvalue weighted by molar-refractivity contribution is -0.792. The van der Waals surface area contributed by atoms with E-state index in [0.29, 0.717) is 13.1 Å². The molecule has 0 aliphatic carbocycles. The number of hydroxylamine groups is 1. The molecule has 4 aromatic rings. The van der Waals surface area contributed by atoms with Crippen LogP contribution in [0.5, 0.6) is 0 Å². The minimum absolute atomic E-state index is 0.0820. The van der Waals surface area contributed by atoms with Crippen molar-refractivity contribution in [2.24, 2.45) is 0 Å².